The van der Waals surface area contributed by atoms with Gasteiger partial charge in [-0.3, -0.25) is 0 Å². The first-order valence-electron chi connectivity index (χ1n) is 24.5. The minimum absolute atomic E-state index is 0.00496. The van der Waals surface area contributed by atoms with E-state index < -0.39 is 151 Å². The first kappa shape index (κ1) is 62.5. The standard InChI is InChI=1S/C28H21BrF10O2.C28H22F10O2/c1-2-3-13-12-40-24(11-18(13)29)15-8-22(33)26(23(34)9-15)28(38,39)41-16-4-5-17(19(30)10-16)14-6-20(31)25(21(32)7-14)27(35,36)37;1-2-3-14-4-7-24(39-13-14)16-10-22(32)26(23(33)11-16)28(37,38)40-17-5-6-18(19(29)12-17)15-8-20(30)25(21(31)9-15)27(34,35)36/h4-10,13,18,24H,2-3,11-12H2,1H3;5-6,8-12,14,24H,2-4,7,13H2,1H3. The third-order valence-corrected chi connectivity index (χ3v) is 14.4. The van der Waals surface area contributed by atoms with Gasteiger partial charge < -0.3 is 18.9 Å². The zero-order chi connectivity index (χ0) is 59.7. The van der Waals surface area contributed by atoms with Gasteiger partial charge in [-0.15, -0.1) is 0 Å². The molecule has 25 heteroatoms. The molecule has 6 aromatic carbocycles. The topological polar surface area (TPSA) is 36.9 Å². The van der Waals surface area contributed by atoms with Crippen molar-refractivity contribution in [2.45, 2.75) is 100 Å². The Morgan fingerprint density at radius 3 is 1.15 bits per heavy atom. The third kappa shape index (κ3) is 14.4. The van der Waals surface area contributed by atoms with Crippen LogP contribution in [0.25, 0.3) is 22.3 Å². The van der Waals surface area contributed by atoms with Gasteiger partial charge in [-0.1, -0.05) is 42.6 Å². The Bertz CT molecular complexity index is 3140. The lowest BCUT2D eigenvalue weighted by Crippen LogP contribution is -2.30. The van der Waals surface area contributed by atoms with Crippen LogP contribution in [0.2, 0.25) is 0 Å². The Labute approximate surface area is 457 Å². The summed E-state index contributed by atoms with van der Waals surface area (Å²) in [4.78, 5) is -0.00907. The number of hydrogen-bond donors (Lipinski definition) is 0. The molecule has 0 aromatic heterocycles. The number of ether oxygens (including phenoxy) is 4. The van der Waals surface area contributed by atoms with E-state index in [0.717, 1.165) is 44.2 Å². The molecule has 0 bridgehead atoms. The summed E-state index contributed by atoms with van der Waals surface area (Å²) in [6.07, 6.45) is -16.2. The number of benzene rings is 6. The van der Waals surface area contributed by atoms with E-state index in [1.165, 1.54) is 0 Å². The van der Waals surface area contributed by atoms with Crippen LogP contribution < -0.4 is 9.47 Å². The molecule has 0 saturated carbocycles. The Kier molecular flexibility index (Phi) is 19.1. The highest BCUT2D eigenvalue weighted by molar-refractivity contribution is 9.09. The van der Waals surface area contributed by atoms with Crippen molar-refractivity contribution >= 4 is 15.9 Å². The molecule has 2 aliphatic heterocycles. The van der Waals surface area contributed by atoms with Gasteiger partial charge in [-0.05, 0) is 139 Å². The van der Waals surface area contributed by atoms with Crippen molar-refractivity contribution in [3.05, 3.63) is 176 Å². The highest BCUT2D eigenvalue weighted by atomic mass is 79.9. The van der Waals surface area contributed by atoms with Gasteiger partial charge in [0.2, 0.25) is 0 Å². The Morgan fingerprint density at radius 2 is 0.815 bits per heavy atom. The van der Waals surface area contributed by atoms with Gasteiger partial charge >= 0.3 is 24.6 Å². The van der Waals surface area contributed by atoms with E-state index in [-0.39, 0.29) is 46.1 Å². The summed E-state index contributed by atoms with van der Waals surface area (Å²) in [5, 5.41) is 0. The summed E-state index contributed by atoms with van der Waals surface area (Å²) in [7, 11) is 0. The molecule has 0 amide bonds. The summed E-state index contributed by atoms with van der Waals surface area (Å²) in [5.41, 5.74) is -10.4. The van der Waals surface area contributed by atoms with Gasteiger partial charge in [0.1, 0.15) is 91.9 Å². The van der Waals surface area contributed by atoms with Gasteiger partial charge in [-0.2, -0.15) is 43.9 Å². The monoisotopic (exact) mass is 1240 g/mol. The molecular weight excluding hydrogens is 1200 g/mol. The molecule has 2 fully saturated rings. The maximum absolute atomic E-state index is 14.9. The predicted octanol–water partition coefficient (Wildman–Crippen LogP) is 19.3. The smallest absolute Gasteiger partial charge is 0.429 e. The fourth-order valence-corrected chi connectivity index (χ4v) is 10.2. The van der Waals surface area contributed by atoms with Gasteiger partial charge in [0.15, 0.2) is 0 Å². The van der Waals surface area contributed by atoms with E-state index in [9.17, 15) is 87.8 Å². The minimum Gasteiger partial charge on any atom is -0.429 e. The van der Waals surface area contributed by atoms with Crippen LogP contribution in [0.1, 0.15) is 104 Å². The molecule has 4 nitrogen and oxygen atoms in total. The van der Waals surface area contributed by atoms with Crippen LogP contribution in [0.3, 0.4) is 0 Å². The second kappa shape index (κ2) is 24.8. The van der Waals surface area contributed by atoms with Crippen LogP contribution in [0.15, 0.2) is 84.9 Å². The zero-order valence-corrected chi connectivity index (χ0v) is 43.5. The van der Waals surface area contributed by atoms with Gasteiger partial charge in [0.25, 0.3) is 0 Å². The van der Waals surface area contributed by atoms with Gasteiger partial charge in [0.05, 0.1) is 25.4 Å². The molecule has 2 aliphatic rings. The van der Waals surface area contributed by atoms with Crippen molar-refractivity contribution < 1.29 is 107 Å². The normalized spacial score (nSPS) is 19.0. The van der Waals surface area contributed by atoms with Crippen molar-refractivity contribution in [2.24, 2.45) is 11.8 Å². The molecule has 5 unspecified atom stereocenters. The average molecular weight is 1240 g/mol. The number of halogens is 21. The molecule has 6 aromatic rings. The fourth-order valence-electron chi connectivity index (χ4n) is 9.48. The van der Waals surface area contributed by atoms with E-state index >= 15 is 0 Å². The lowest BCUT2D eigenvalue weighted by molar-refractivity contribution is -0.190. The first-order chi connectivity index (χ1) is 37.8. The highest BCUT2D eigenvalue weighted by Crippen LogP contribution is 2.44. The minimum atomic E-state index is -5.35. The Balaban J connectivity index is 0.000000234. The van der Waals surface area contributed by atoms with Crippen molar-refractivity contribution in [3.63, 3.8) is 0 Å². The third-order valence-electron chi connectivity index (χ3n) is 13.3. The summed E-state index contributed by atoms with van der Waals surface area (Å²) < 4.78 is 300. The Morgan fingerprint density at radius 1 is 0.444 bits per heavy atom. The molecule has 0 aliphatic carbocycles. The van der Waals surface area contributed by atoms with Crippen LogP contribution >= 0.6 is 15.9 Å². The van der Waals surface area contributed by atoms with E-state index in [2.05, 4.69) is 25.4 Å². The zero-order valence-electron chi connectivity index (χ0n) is 41.9. The largest absolute Gasteiger partial charge is 0.432 e. The maximum Gasteiger partial charge on any atom is 0.432 e. The summed E-state index contributed by atoms with van der Waals surface area (Å²) in [6.45, 7) is 4.70. The molecule has 8 rings (SSSR count). The molecule has 438 valence electrons. The molecular formula is C56H43BrF20O4. The SMILES string of the molecule is CCCC1CCC(c2cc(F)c(C(F)(F)Oc3ccc(-c4cc(F)c(C(F)(F)F)c(F)c4)c(F)c3)c(F)c2)OC1.CCCC1COC(c2cc(F)c(C(F)(F)Oc3ccc(-c4cc(F)c(C(F)(F)F)c(F)c4)c(F)c3)c(F)c2)CC1Br. The van der Waals surface area contributed by atoms with E-state index in [1.54, 1.807) is 0 Å². The first-order valence-corrected chi connectivity index (χ1v) is 25.5. The van der Waals surface area contributed by atoms with Crippen LogP contribution in [0, 0.1) is 70.0 Å². The summed E-state index contributed by atoms with van der Waals surface area (Å²) >= 11 is 3.54. The quantitative estimate of drug-likeness (QED) is 0.0804. The lowest BCUT2D eigenvalue weighted by atomic mass is 9.91. The fraction of sp³-hybridized carbons (Fsp3) is 0.357. The second-order valence-corrected chi connectivity index (χ2v) is 20.2. The van der Waals surface area contributed by atoms with Gasteiger partial charge in [-0.25, -0.2) is 43.9 Å². The number of rotatable bonds is 14. The molecule has 0 radical (unpaired) electrons. The molecule has 0 spiro atoms. The molecule has 0 N–H and O–H groups in total. The van der Waals surface area contributed by atoms with Gasteiger partial charge in [0, 0.05) is 28.1 Å². The molecule has 5 atom stereocenters. The number of hydrogen-bond acceptors (Lipinski definition) is 4. The maximum atomic E-state index is 14.9. The van der Waals surface area contributed by atoms with E-state index in [0.29, 0.717) is 80.5 Å². The van der Waals surface area contributed by atoms with Crippen molar-refractivity contribution in [1.29, 1.82) is 0 Å². The highest BCUT2D eigenvalue weighted by Gasteiger charge is 2.45. The predicted molar refractivity (Wildman–Crippen MR) is 256 cm³/mol. The second-order valence-electron chi connectivity index (χ2n) is 19.0. The van der Waals surface area contributed by atoms with Crippen LogP contribution in [0.4, 0.5) is 87.8 Å². The van der Waals surface area contributed by atoms with Crippen molar-refractivity contribution in [2.75, 3.05) is 13.2 Å². The van der Waals surface area contributed by atoms with E-state index in [4.69, 9.17) is 9.47 Å². The van der Waals surface area contributed by atoms with Crippen LogP contribution in [-0.2, 0) is 34.0 Å². The van der Waals surface area contributed by atoms with E-state index in [1.807, 2.05) is 13.8 Å². The summed E-state index contributed by atoms with van der Waals surface area (Å²) in [6, 6.07) is 7.25. The molecule has 81 heavy (non-hydrogen) atoms. The number of alkyl halides is 11. The summed E-state index contributed by atoms with van der Waals surface area (Å²) in [5.74, 6) is -18.7. The Hall–Kier alpha value is -6.08. The molecule has 2 saturated heterocycles. The molecule has 2 heterocycles. The average Bonchev–Trinajstić information content (AvgIpc) is 3.37. The van der Waals surface area contributed by atoms with Crippen LogP contribution in [-0.4, -0.2) is 18.0 Å². The lowest BCUT2D eigenvalue weighted by Gasteiger charge is -2.33. The van der Waals surface area contributed by atoms with Crippen molar-refractivity contribution in [3.8, 4) is 33.8 Å². The van der Waals surface area contributed by atoms with Crippen molar-refractivity contribution in [1.82, 2.24) is 0 Å². The van der Waals surface area contributed by atoms with Crippen LogP contribution in [0.5, 0.6) is 11.5 Å².